The average molecular weight is 471 g/mol. The van der Waals surface area contributed by atoms with Crippen molar-refractivity contribution in [3.05, 3.63) is 66.0 Å². The van der Waals surface area contributed by atoms with Gasteiger partial charge in [-0.05, 0) is 17.7 Å². The van der Waals surface area contributed by atoms with Gasteiger partial charge >= 0.3 is 6.18 Å². The van der Waals surface area contributed by atoms with E-state index in [1.54, 1.807) is 12.3 Å². The van der Waals surface area contributed by atoms with Gasteiger partial charge in [0.1, 0.15) is 11.4 Å². The van der Waals surface area contributed by atoms with Gasteiger partial charge in [0.2, 0.25) is 5.95 Å². The van der Waals surface area contributed by atoms with Crippen molar-refractivity contribution < 1.29 is 18.0 Å². The van der Waals surface area contributed by atoms with Crippen LogP contribution in [0.15, 0.2) is 54.9 Å². The molecule has 2 fully saturated rings. The molecule has 34 heavy (non-hydrogen) atoms. The average Bonchev–Trinajstić information content (AvgIpc) is 3.35. The van der Waals surface area contributed by atoms with Crippen molar-refractivity contribution in [1.82, 2.24) is 20.3 Å². The zero-order chi connectivity index (χ0) is 23.5. The minimum atomic E-state index is -4.63. The first-order valence-corrected chi connectivity index (χ1v) is 11.1. The van der Waals surface area contributed by atoms with Gasteiger partial charge in [0.15, 0.2) is 5.82 Å². The van der Waals surface area contributed by atoms with E-state index in [0.29, 0.717) is 18.8 Å². The topological polar surface area (TPSA) is 78.4 Å². The number of alkyl halides is 3. The number of hydrogen-bond donors (Lipinski definition) is 2. The number of pyridine rings is 1. The summed E-state index contributed by atoms with van der Waals surface area (Å²) in [6, 6.07) is 12.6. The lowest BCUT2D eigenvalue weighted by Gasteiger charge is -2.29. The number of hydroxylamine groups is 1. The summed E-state index contributed by atoms with van der Waals surface area (Å²) in [7, 11) is 0. The molecule has 2 aliphatic heterocycles. The molecule has 0 amide bonds. The van der Waals surface area contributed by atoms with Gasteiger partial charge in [-0.1, -0.05) is 30.3 Å². The molecule has 0 saturated carbocycles. The van der Waals surface area contributed by atoms with Crippen molar-refractivity contribution in [2.45, 2.75) is 18.6 Å². The van der Waals surface area contributed by atoms with E-state index in [-0.39, 0.29) is 17.8 Å². The molecule has 1 atom stereocenters. The minimum absolute atomic E-state index is 0.00716. The highest BCUT2D eigenvalue weighted by atomic mass is 19.4. The molecule has 2 N–H and O–H groups in total. The van der Waals surface area contributed by atoms with Crippen molar-refractivity contribution >= 4 is 23.3 Å². The van der Waals surface area contributed by atoms with Crippen molar-refractivity contribution in [1.29, 1.82) is 0 Å². The molecule has 2 saturated heterocycles. The van der Waals surface area contributed by atoms with Crippen LogP contribution in [0.3, 0.4) is 0 Å². The third-order valence-corrected chi connectivity index (χ3v) is 5.84. The summed E-state index contributed by atoms with van der Waals surface area (Å²) in [5, 5.41) is 7.46. The fourth-order valence-electron chi connectivity index (χ4n) is 4.14. The summed E-state index contributed by atoms with van der Waals surface area (Å²) in [6.07, 6.45) is -1.58. The molecule has 0 radical (unpaired) electrons. The Kier molecular flexibility index (Phi) is 6.20. The van der Waals surface area contributed by atoms with Crippen LogP contribution in [0.5, 0.6) is 0 Å². The molecule has 8 nitrogen and oxygen atoms in total. The van der Waals surface area contributed by atoms with Gasteiger partial charge in [-0.3, -0.25) is 4.84 Å². The molecule has 4 heterocycles. The fourth-order valence-corrected chi connectivity index (χ4v) is 4.14. The lowest BCUT2D eigenvalue weighted by Crippen LogP contribution is -2.43. The van der Waals surface area contributed by atoms with Gasteiger partial charge in [-0.25, -0.2) is 15.0 Å². The predicted molar refractivity (Wildman–Crippen MR) is 122 cm³/mol. The fraction of sp³-hybridized carbons (Fsp3) is 0.348. The zero-order valence-corrected chi connectivity index (χ0v) is 18.3. The van der Waals surface area contributed by atoms with E-state index in [1.807, 2.05) is 36.4 Å². The smallest absolute Gasteiger partial charge is 0.368 e. The predicted octanol–water partition coefficient (Wildman–Crippen LogP) is 3.93. The Morgan fingerprint density at radius 3 is 2.50 bits per heavy atom. The van der Waals surface area contributed by atoms with Gasteiger partial charge in [0.25, 0.3) is 0 Å². The van der Waals surface area contributed by atoms with Gasteiger partial charge in [0, 0.05) is 38.8 Å². The molecular formula is C23H24F3N7O. The quantitative estimate of drug-likeness (QED) is 0.580. The molecule has 0 spiro atoms. The standard InChI is InChI=1S/C23H24F3N7O/c24-23(25,26)18-15-29-22(30-20-7-6-17(14-28-20)32-11-9-27-10-12-32)31-21(18)33-19(8-13-34-33)16-4-2-1-3-5-16/h1-7,14-15,19,27H,8-13H2,(H,28,29,30,31). The summed E-state index contributed by atoms with van der Waals surface area (Å²) < 4.78 is 41.4. The second-order valence-corrected chi connectivity index (χ2v) is 8.07. The van der Waals surface area contributed by atoms with Crippen LogP contribution in [-0.4, -0.2) is 47.7 Å². The first-order valence-electron chi connectivity index (χ1n) is 11.1. The molecule has 3 aromatic rings. The number of aromatic nitrogens is 3. The van der Waals surface area contributed by atoms with E-state index >= 15 is 0 Å². The third-order valence-electron chi connectivity index (χ3n) is 5.84. The highest BCUT2D eigenvalue weighted by Gasteiger charge is 2.40. The van der Waals surface area contributed by atoms with E-state index in [0.717, 1.165) is 43.6 Å². The lowest BCUT2D eigenvalue weighted by atomic mass is 10.0. The SMILES string of the molecule is FC(F)(F)c1cnc(Nc2ccc(N3CCNCC3)cn2)nc1N1OCCC1c1ccccc1. The van der Waals surface area contributed by atoms with Crippen LogP contribution in [0, 0.1) is 0 Å². The summed E-state index contributed by atoms with van der Waals surface area (Å²) in [5.41, 5.74) is 0.881. The molecule has 178 valence electrons. The van der Waals surface area contributed by atoms with Crippen LogP contribution in [-0.2, 0) is 11.0 Å². The molecule has 2 aliphatic rings. The van der Waals surface area contributed by atoms with Gasteiger partial charge in [-0.15, -0.1) is 0 Å². The summed E-state index contributed by atoms with van der Waals surface area (Å²) >= 11 is 0. The summed E-state index contributed by atoms with van der Waals surface area (Å²) in [5.74, 6) is 0.119. The van der Waals surface area contributed by atoms with E-state index < -0.39 is 11.7 Å². The van der Waals surface area contributed by atoms with Crippen LogP contribution in [0.1, 0.15) is 23.6 Å². The van der Waals surface area contributed by atoms with Crippen LogP contribution >= 0.6 is 0 Å². The first kappa shape index (κ1) is 22.4. The number of nitrogens with one attached hydrogen (secondary N) is 2. The Hall–Kier alpha value is -3.44. The third kappa shape index (κ3) is 4.75. The van der Waals surface area contributed by atoms with Crippen molar-refractivity contribution in [2.24, 2.45) is 0 Å². The minimum Gasteiger partial charge on any atom is -0.368 e. The van der Waals surface area contributed by atoms with E-state index in [1.165, 1.54) is 5.06 Å². The molecule has 0 aliphatic carbocycles. The number of nitrogens with zero attached hydrogens (tertiary/aromatic N) is 5. The molecule has 0 bridgehead atoms. The van der Waals surface area contributed by atoms with Gasteiger partial charge in [0.05, 0.1) is 24.5 Å². The monoisotopic (exact) mass is 471 g/mol. The largest absolute Gasteiger partial charge is 0.421 e. The molecule has 11 heteroatoms. The van der Waals surface area contributed by atoms with Gasteiger partial charge < -0.3 is 15.5 Å². The Bertz CT molecular complexity index is 1110. The zero-order valence-electron chi connectivity index (χ0n) is 18.3. The maximum Gasteiger partial charge on any atom is 0.421 e. The maximum absolute atomic E-state index is 13.8. The molecule has 2 aromatic heterocycles. The Morgan fingerprint density at radius 2 is 1.79 bits per heavy atom. The number of piperazine rings is 1. The first-order chi connectivity index (χ1) is 16.5. The Morgan fingerprint density at radius 1 is 1.00 bits per heavy atom. The van der Waals surface area contributed by atoms with E-state index in [9.17, 15) is 13.2 Å². The number of rotatable bonds is 5. The van der Waals surface area contributed by atoms with Gasteiger partial charge in [-0.2, -0.15) is 18.2 Å². The normalized spacial score (nSPS) is 18.9. The van der Waals surface area contributed by atoms with E-state index in [2.05, 4.69) is 30.5 Å². The highest BCUT2D eigenvalue weighted by molar-refractivity contribution is 5.57. The number of halogens is 3. The Labute approximate surface area is 194 Å². The van der Waals surface area contributed by atoms with Crippen LogP contribution < -0.4 is 20.6 Å². The van der Waals surface area contributed by atoms with E-state index in [4.69, 9.17) is 4.84 Å². The molecule has 1 aromatic carbocycles. The van der Waals surface area contributed by atoms with Crippen LogP contribution in [0.2, 0.25) is 0 Å². The molecular weight excluding hydrogens is 447 g/mol. The van der Waals surface area contributed by atoms with Crippen LogP contribution in [0.25, 0.3) is 0 Å². The summed E-state index contributed by atoms with van der Waals surface area (Å²) in [4.78, 5) is 20.3. The second-order valence-electron chi connectivity index (χ2n) is 8.07. The number of anilines is 4. The highest BCUT2D eigenvalue weighted by Crippen LogP contribution is 2.41. The maximum atomic E-state index is 13.8. The number of hydrogen-bond acceptors (Lipinski definition) is 8. The van der Waals surface area contributed by atoms with Crippen molar-refractivity contribution in [3.8, 4) is 0 Å². The van der Waals surface area contributed by atoms with Crippen LogP contribution in [0.4, 0.5) is 36.4 Å². The van der Waals surface area contributed by atoms with Crippen molar-refractivity contribution in [3.63, 3.8) is 0 Å². The summed E-state index contributed by atoms with van der Waals surface area (Å²) in [6.45, 7) is 3.88. The molecule has 5 rings (SSSR count). The molecule has 1 unspecified atom stereocenters. The number of benzene rings is 1. The Balaban J connectivity index is 1.41. The van der Waals surface area contributed by atoms with Crippen molar-refractivity contribution in [2.75, 3.05) is 48.1 Å². The second kappa shape index (κ2) is 9.43. The lowest BCUT2D eigenvalue weighted by molar-refractivity contribution is -0.138.